The highest BCUT2D eigenvalue weighted by Crippen LogP contribution is 2.27. The van der Waals surface area contributed by atoms with Crippen LogP contribution in [-0.4, -0.2) is 38.0 Å². The van der Waals surface area contributed by atoms with Gasteiger partial charge in [-0.05, 0) is 40.5 Å². The first-order chi connectivity index (χ1) is 8.80. The maximum Gasteiger partial charge on any atom is 0.152 e. The smallest absolute Gasteiger partial charge is 0.152 e. The molecule has 4 nitrogen and oxygen atoms in total. The Morgan fingerprint density at radius 3 is 2.68 bits per heavy atom. The summed E-state index contributed by atoms with van der Waals surface area (Å²) in [5, 5.41) is 0. The maximum absolute atomic E-state index is 11.5. The van der Waals surface area contributed by atoms with Crippen LogP contribution in [0.25, 0.3) is 0 Å². The molecule has 0 aromatic heterocycles. The van der Waals surface area contributed by atoms with Crippen molar-refractivity contribution < 1.29 is 8.42 Å². The molecule has 0 bridgehead atoms. The Hall–Kier alpha value is -0.660. The molecule has 0 radical (unpaired) electrons. The predicted molar refractivity (Wildman–Crippen MR) is 85.5 cm³/mol. The Morgan fingerprint density at radius 2 is 2.21 bits per heavy atom. The second-order valence-electron chi connectivity index (χ2n) is 4.70. The summed E-state index contributed by atoms with van der Waals surface area (Å²) >= 11 is 8.39. The van der Waals surface area contributed by atoms with E-state index in [1.54, 1.807) is 0 Å². The molecular weight excluding hydrogens is 348 g/mol. The van der Waals surface area contributed by atoms with Gasteiger partial charge in [0.15, 0.2) is 9.84 Å². The molecule has 104 valence electrons. The fourth-order valence-electron chi connectivity index (χ4n) is 2.21. The topological polar surface area (TPSA) is 63.4 Å². The molecule has 1 saturated heterocycles. The van der Waals surface area contributed by atoms with Crippen LogP contribution in [0, 0.1) is 0 Å². The van der Waals surface area contributed by atoms with Crippen molar-refractivity contribution in [1.82, 2.24) is 0 Å². The van der Waals surface area contributed by atoms with Gasteiger partial charge in [-0.3, -0.25) is 0 Å². The summed E-state index contributed by atoms with van der Waals surface area (Å²) in [4.78, 5) is 2.34. The third kappa shape index (κ3) is 3.27. The third-order valence-electron chi connectivity index (χ3n) is 3.38. The first kappa shape index (κ1) is 14.7. The number of rotatable bonds is 3. The molecule has 1 fully saturated rings. The summed E-state index contributed by atoms with van der Waals surface area (Å²) < 4.78 is 23.9. The van der Waals surface area contributed by atoms with Crippen LogP contribution in [0.1, 0.15) is 12.0 Å². The number of hydrogen-bond acceptors (Lipinski definition) is 4. The molecule has 1 aromatic rings. The van der Waals surface area contributed by atoms with Gasteiger partial charge in [-0.15, -0.1) is 0 Å². The Balaban J connectivity index is 2.23. The van der Waals surface area contributed by atoms with Gasteiger partial charge in [-0.25, -0.2) is 8.42 Å². The lowest BCUT2D eigenvalue weighted by atomic mass is 10.1. The largest absolute Gasteiger partial charge is 0.389 e. The van der Waals surface area contributed by atoms with Crippen molar-refractivity contribution >= 4 is 48.7 Å². The summed E-state index contributed by atoms with van der Waals surface area (Å²) in [6.07, 6.45) is 0.674. The van der Waals surface area contributed by atoms with Crippen LogP contribution in [0.5, 0.6) is 0 Å². The molecule has 1 aliphatic heterocycles. The fourth-order valence-corrected chi connectivity index (χ4v) is 4.88. The van der Waals surface area contributed by atoms with E-state index in [1.807, 2.05) is 30.1 Å². The second-order valence-corrected chi connectivity index (χ2v) is 8.22. The fraction of sp³-hybridized carbons (Fsp3) is 0.417. The molecular formula is C12H15BrN2O2S2. The summed E-state index contributed by atoms with van der Waals surface area (Å²) in [7, 11) is -0.964. The van der Waals surface area contributed by atoms with Crippen molar-refractivity contribution in [3.05, 3.63) is 28.2 Å². The van der Waals surface area contributed by atoms with E-state index >= 15 is 0 Å². The molecule has 2 N–H and O–H groups in total. The predicted octanol–water partition coefficient (Wildman–Crippen LogP) is 1.71. The van der Waals surface area contributed by atoms with Crippen molar-refractivity contribution in [2.45, 2.75) is 12.5 Å². The van der Waals surface area contributed by atoms with Crippen LogP contribution in [-0.2, 0) is 9.84 Å². The summed E-state index contributed by atoms with van der Waals surface area (Å²) in [6, 6.07) is 5.71. The number of hydrogen-bond donors (Lipinski definition) is 1. The molecule has 1 aromatic carbocycles. The van der Waals surface area contributed by atoms with E-state index in [0.717, 1.165) is 15.7 Å². The van der Waals surface area contributed by atoms with E-state index in [1.165, 1.54) is 0 Å². The van der Waals surface area contributed by atoms with Crippen LogP contribution in [0.2, 0.25) is 0 Å². The second kappa shape index (κ2) is 5.38. The number of anilines is 1. The zero-order chi connectivity index (χ0) is 14.2. The summed E-state index contributed by atoms with van der Waals surface area (Å²) in [5.74, 6) is 0.492. The van der Waals surface area contributed by atoms with Gasteiger partial charge in [0.1, 0.15) is 4.99 Å². The van der Waals surface area contributed by atoms with Crippen LogP contribution in [0.4, 0.5) is 5.69 Å². The van der Waals surface area contributed by atoms with Crippen LogP contribution in [0.15, 0.2) is 22.7 Å². The third-order valence-corrected chi connectivity index (χ3v) is 6.01. The molecule has 1 unspecified atom stereocenters. The average molecular weight is 363 g/mol. The van der Waals surface area contributed by atoms with Crippen molar-refractivity contribution in [1.29, 1.82) is 0 Å². The molecule has 7 heteroatoms. The number of thiocarbonyl (C=S) groups is 1. The normalized spacial score (nSPS) is 21.3. The van der Waals surface area contributed by atoms with Crippen LogP contribution in [0.3, 0.4) is 0 Å². The van der Waals surface area contributed by atoms with Gasteiger partial charge in [-0.1, -0.05) is 12.2 Å². The maximum atomic E-state index is 11.5. The van der Waals surface area contributed by atoms with Gasteiger partial charge in [0.05, 0.1) is 11.5 Å². The SMILES string of the molecule is CN(c1ccc(C(N)=S)c(Br)c1)C1CCS(=O)(=O)C1. The van der Waals surface area contributed by atoms with Gasteiger partial charge >= 0.3 is 0 Å². The van der Waals surface area contributed by atoms with E-state index in [4.69, 9.17) is 18.0 Å². The first-order valence-corrected chi connectivity index (χ1v) is 8.85. The number of halogens is 1. The lowest BCUT2D eigenvalue weighted by Crippen LogP contribution is -2.32. The Morgan fingerprint density at radius 1 is 1.53 bits per heavy atom. The van der Waals surface area contributed by atoms with E-state index in [9.17, 15) is 8.42 Å². The van der Waals surface area contributed by atoms with Gasteiger partial charge in [0.2, 0.25) is 0 Å². The highest BCUT2D eigenvalue weighted by Gasteiger charge is 2.30. The number of sulfone groups is 1. The number of nitrogens with two attached hydrogens (primary N) is 1. The van der Waals surface area contributed by atoms with E-state index in [2.05, 4.69) is 15.9 Å². The minimum atomic E-state index is -2.87. The van der Waals surface area contributed by atoms with Crippen LogP contribution < -0.4 is 10.6 Å². The van der Waals surface area contributed by atoms with Crippen molar-refractivity contribution in [3.63, 3.8) is 0 Å². The lowest BCUT2D eigenvalue weighted by molar-refractivity contribution is 0.601. The highest BCUT2D eigenvalue weighted by molar-refractivity contribution is 9.10. The van der Waals surface area contributed by atoms with E-state index in [-0.39, 0.29) is 17.5 Å². The average Bonchev–Trinajstić information content (AvgIpc) is 2.68. The zero-order valence-corrected chi connectivity index (χ0v) is 13.7. The molecule has 0 aliphatic carbocycles. The monoisotopic (exact) mass is 362 g/mol. The number of nitrogens with zero attached hydrogens (tertiary/aromatic N) is 1. The van der Waals surface area contributed by atoms with E-state index in [0.29, 0.717) is 11.4 Å². The van der Waals surface area contributed by atoms with Gasteiger partial charge in [0, 0.05) is 28.8 Å². The minimum Gasteiger partial charge on any atom is -0.389 e. The lowest BCUT2D eigenvalue weighted by Gasteiger charge is -2.26. The zero-order valence-electron chi connectivity index (χ0n) is 10.5. The quantitative estimate of drug-likeness (QED) is 0.829. The Bertz CT molecular complexity index is 616. The number of benzene rings is 1. The minimum absolute atomic E-state index is 0.0348. The molecule has 1 aliphatic rings. The van der Waals surface area contributed by atoms with Crippen molar-refractivity contribution in [2.75, 3.05) is 23.5 Å². The van der Waals surface area contributed by atoms with Crippen molar-refractivity contribution in [2.24, 2.45) is 5.73 Å². The standard InChI is InChI=1S/C12H15BrN2O2S2/c1-15(9-4-5-19(16,17)7-9)8-2-3-10(12(14)18)11(13)6-8/h2-3,6,9H,4-5,7H2,1H3,(H2,14,18). The summed E-state index contributed by atoms with van der Waals surface area (Å²) in [5.41, 5.74) is 7.34. The van der Waals surface area contributed by atoms with E-state index < -0.39 is 9.84 Å². The Labute approximate surface area is 127 Å². The molecule has 0 amide bonds. The van der Waals surface area contributed by atoms with Gasteiger partial charge in [-0.2, -0.15) is 0 Å². The first-order valence-electron chi connectivity index (χ1n) is 5.83. The van der Waals surface area contributed by atoms with Crippen molar-refractivity contribution in [3.8, 4) is 0 Å². The Kier molecular flexibility index (Phi) is 4.17. The summed E-state index contributed by atoms with van der Waals surface area (Å²) in [6.45, 7) is 0. The van der Waals surface area contributed by atoms with Gasteiger partial charge in [0.25, 0.3) is 0 Å². The molecule has 1 atom stereocenters. The van der Waals surface area contributed by atoms with Gasteiger partial charge < -0.3 is 10.6 Å². The molecule has 19 heavy (non-hydrogen) atoms. The molecule has 0 saturated carbocycles. The molecule has 0 spiro atoms. The highest BCUT2D eigenvalue weighted by atomic mass is 79.9. The molecule has 1 heterocycles. The molecule has 2 rings (SSSR count). The van der Waals surface area contributed by atoms with Crippen LogP contribution >= 0.6 is 28.1 Å².